The van der Waals surface area contributed by atoms with Gasteiger partial charge in [-0.2, -0.15) is 5.10 Å². The lowest BCUT2D eigenvalue weighted by molar-refractivity contribution is -0.121. The molecule has 22 heavy (non-hydrogen) atoms. The smallest absolute Gasteiger partial charge is 0.220 e. The van der Waals surface area contributed by atoms with Crippen molar-refractivity contribution >= 4 is 5.91 Å². The Kier molecular flexibility index (Phi) is 4.85. The molecule has 3 rings (SSSR count). The second-order valence-corrected chi connectivity index (χ2v) is 5.74. The number of nitrogens with zero attached hydrogens (tertiary/aromatic N) is 2. The highest BCUT2D eigenvalue weighted by atomic mass is 16.1. The predicted molar refractivity (Wildman–Crippen MR) is 85.9 cm³/mol. The molecule has 1 aliphatic heterocycles. The van der Waals surface area contributed by atoms with Gasteiger partial charge in [0.25, 0.3) is 0 Å². The molecule has 5 heteroatoms. The van der Waals surface area contributed by atoms with Crippen molar-refractivity contribution in [1.82, 2.24) is 20.4 Å². The number of aromatic nitrogens is 2. The van der Waals surface area contributed by atoms with E-state index in [-0.39, 0.29) is 11.9 Å². The summed E-state index contributed by atoms with van der Waals surface area (Å²) in [7, 11) is 0. The van der Waals surface area contributed by atoms with Crippen LogP contribution in [0.1, 0.15) is 24.8 Å². The number of carbonyl (C=O) groups is 1. The van der Waals surface area contributed by atoms with Crippen molar-refractivity contribution in [1.29, 1.82) is 0 Å². The summed E-state index contributed by atoms with van der Waals surface area (Å²) in [4.78, 5) is 12.0. The third kappa shape index (κ3) is 3.95. The molecule has 1 aromatic heterocycles. The van der Waals surface area contributed by atoms with Crippen molar-refractivity contribution in [2.24, 2.45) is 0 Å². The van der Waals surface area contributed by atoms with E-state index in [9.17, 15) is 4.79 Å². The molecule has 2 N–H and O–H groups in total. The first-order valence-corrected chi connectivity index (χ1v) is 7.90. The van der Waals surface area contributed by atoms with E-state index in [1.54, 1.807) is 0 Å². The van der Waals surface area contributed by atoms with Crippen LogP contribution in [-0.2, 0) is 11.2 Å². The van der Waals surface area contributed by atoms with Gasteiger partial charge >= 0.3 is 0 Å². The summed E-state index contributed by atoms with van der Waals surface area (Å²) in [6, 6.07) is 10.3. The molecule has 1 atom stereocenters. The average Bonchev–Trinajstić information content (AvgIpc) is 3.04. The van der Waals surface area contributed by atoms with E-state index in [2.05, 4.69) is 15.7 Å². The summed E-state index contributed by atoms with van der Waals surface area (Å²) in [5.41, 5.74) is 2.12. The van der Waals surface area contributed by atoms with Crippen LogP contribution in [-0.4, -0.2) is 34.8 Å². The van der Waals surface area contributed by atoms with Gasteiger partial charge in [0.15, 0.2) is 0 Å². The summed E-state index contributed by atoms with van der Waals surface area (Å²) in [5, 5.41) is 10.8. The molecule has 1 aliphatic rings. The zero-order valence-electron chi connectivity index (χ0n) is 12.7. The number of piperidine rings is 1. The second-order valence-electron chi connectivity index (χ2n) is 5.74. The van der Waals surface area contributed by atoms with Crippen LogP contribution in [0.3, 0.4) is 0 Å². The fourth-order valence-electron chi connectivity index (χ4n) is 2.74. The minimum absolute atomic E-state index is 0.126. The number of benzene rings is 1. The zero-order chi connectivity index (χ0) is 15.2. The summed E-state index contributed by atoms with van der Waals surface area (Å²) < 4.78 is 1.85. The Hall–Kier alpha value is -2.14. The van der Waals surface area contributed by atoms with Crippen LogP contribution in [0, 0.1) is 0 Å². The highest BCUT2D eigenvalue weighted by Crippen LogP contribution is 2.09. The normalized spacial score (nSPS) is 18.1. The Morgan fingerprint density at radius 3 is 3.00 bits per heavy atom. The summed E-state index contributed by atoms with van der Waals surface area (Å²) in [5.74, 6) is 0.126. The molecular weight excluding hydrogens is 276 g/mol. The van der Waals surface area contributed by atoms with E-state index in [1.165, 1.54) is 0 Å². The van der Waals surface area contributed by atoms with E-state index in [0.717, 1.165) is 43.6 Å². The monoisotopic (exact) mass is 298 g/mol. The van der Waals surface area contributed by atoms with Gasteiger partial charge in [0.1, 0.15) is 0 Å². The third-order valence-corrected chi connectivity index (χ3v) is 3.96. The van der Waals surface area contributed by atoms with Gasteiger partial charge < -0.3 is 10.6 Å². The fraction of sp³-hybridized carbons (Fsp3) is 0.412. The molecule has 1 unspecified atom stereocenters. The number of nitrogens with one attached hydrogen (secondary N) is 2. The zero-order valence-corrected chi connectivity index (χ0v) is 12.7. The Morgan fingerprint density at radius 2 is 2.23 bits per heavy atom. The first-order valence-electron chi connectivity index (χ1n) is 7.90. The SMILES string of the molecule is O=C(CCc1cnn(-c2ccccc2)c1)NC1CCCNC1. The third-order valence-electron chi connectivity index (χ3n) is 3.96. The molecule has 1 saturated heterocycles. The molecule has 116 valence electrons. The van der Waals surface area contributed by atoms with Crippen LogP contribution >= 0.6 is 0 Å². The molecule has 2 aromatic rings. The summed E-state index contributed by atoms with van der Waals surface area (Å²) in [6.45, 7) is 1.95. The van der Waals surface area contributed by atoms with E-state index < -0.39 is 0 Å². The molecule has 1 amide bonds. The van der Waals surface area contributed by atoms with Crippen LogP contribution in [0.2, 0.25) is 0 Å². The van der Waals surface area contributed by atoms with Gasteiger partial charge in [0.2, 0.25) is 5.91 Å². The standard InChI is InChI=1S/C17H22N4O/c22-17(20-15-5-4-10-18-12-15)9-8-14-11-19-21(13-14)16-6-2-1-3-7-16/h1-3,6-7,11,13,15,18H,4-5,8-10,12H2,(H,20,22). The summed E-state index contributed by atoms with van der Waals surface area (Å²) >= 11 is 0. The van der Waals surface area contributed by atoms with Gasteiger partial charge in [-0.25, -0.2) is 4.68 Å². The molecule has 2 heterocycles. The first-order chi connectivity index (χ1) is 10.8. The number of para-hydroxylation sites is 1. The molecule has 5 nitrogen and oxygen atoms in total. The molecule has 0 saturated carbocycles. The fourth-order valence-corrected chi connectivity index (χ4v) is 2.74. The van der Waals surface area contributed by atoms with E-state index >= 15 is 0 Å². The Morgan fingerprint density at radius 1 is 1.36 bits per heavy atom. The summed E-state index contributed by atoms with van der Waals surface area (Å²) in [6.07, 6.45) is 7.27. The highest BCUT2D eigenvalue weighted by Gasteiger charge is 2.15. The van der Waals surface area contributed by atoms with Crippen LogP contribution in [0.25, 0.3) is 5.69 Å². The van der Waals surface area contributed by atoms with Gasteiger partial charge in [-0.05, 0) is 43.5 Å². The molecule has 0 spiro atoms. The van der Waals surface area contributed by atoms with Gasteiger partial charge in [0.05, 0.1) is 11.9 Å². The number of aryl methyl sites for hydroxylation is 1. The van der Waals surface area contributed by atoms with Crippen LogP contribution < -0.4 is 10.6 Å². The van der Waals surface area contributed by atoms with E-state index in [0.29, 0.717) is 6.42 Å². The molecule has 0 bridgehead atoms. The van der Waals surface area contributed by atoms with Crippen LogP contribution in [0.5, 0.6) is 0 Å². The Labute approximate surface area is 130 Å². The van der Waals surface area contributed by atoms with Gasteiger partial charge in [0, 0.05) is 25.2 Å². The van der Waals surface area contributed by atoms with E-state index in [4.69, 9.17) is 0 Å². The second kappa shape index (κ2) is 7.22. The van der Waals surface area contributed by atoms with Gasteiger partial charge in [-0.15, -0.1) is 0 Å². The number of rotatable bonds is 5. The quantitative estimate of drug-likeness (QED) is 0.883. The molecule has 1 aromatic carbocycles. The minimum Gasteiger partial charge on any atom is -0.352 e. The molecule has 1 fully saturated rings. The Bertz CT molecular complexity index is 602. The first kappa shape index (κ1) is 14.8. The maximum atomic E-state index is 12.0. The van der Waals surface area contributed by atoms with E-state index in [1.807, 2.05) is 47.4 Å². The largest absolute Gasteiger partial charge is 0.352 e. The van der Waals surface area contributed by atoms with Gasteiger partial charge in [-0.1, -0.05) is 18.2 Å². The predicted octanol–water partition coefficient (Wildman–Crippen LogP) is 1.67. The van der Waals surface area contributed by atoms with Crippen molar-refractivity contribution in [3.8, 4) is 5.69 Å². The van der Waals surface area contributed by atoms with Crippen molar-refractivity contribution in [2.75, 3.05) is 13.1 Å². The number of hydrogen-bond acceptors (Lipinski definition) is 3. The maximum absolute atomic E-state index is 12.0. The lowest BCUT2D eigenvalue weighted by Crippen LogP contribution is -2.45. The Balaban J connectivity index is 1.49. The van der Waals surface area contributed by atoms with Crippen molar-refractivity contribution in [2.45, 2.75) is 31.7 Å². The molecule has 0 aliphatic carbocycles. The number of carbonyl (C=O) groups excluding carboxylic acids is 1. The molecule has 0 radical (unpaired) electrons. The lowest BCUT2D eigenvalue weighted by atomic mass is 10.1. The van der Waals surface area contributed by atoms with Gasteiger partial charge in [-0.3, -0.25) is 4.79 Å². The number of hydrogen-bond donors (Lipinski definition) is 2. The van der Waals surface area contributed by atoms with Crippen LogP contribution in [0.4, 0.5) is 0 Å². The topological polar surface area (TPSA) is 59.0 Å². The average molecular weight is 298 g/mol. The maximum Gasteiger partial charge on any atom is 0.220 e. The van der Waals surface area contributed by atoms with Crippen LogP contribution in [0.15, 0.2) is 42.7 Å². The van der Waals surface area contributed by atoms with Crippen molar-refractivity contribution in [3.63, 3.8) is 0 Å². The minimum atomic E-state index is 0.126. The molecular formula is C17H22N4O. The lowest BCUT2D eigenvalue weighted by Gasteiger charge is -2.23. The van der Waals surface area contributed by atoms with Crippen molar-refractivity contribution < 1.29 is 4.79 Å². The number of amides is 1. The highest BCUT2D eigenvalue weighted by molar-refractivity contribution is 5.76. The van der Waals surface area contributed by atoms with Crippen molar-refractivity contribution in [3.05, 3.63) is 48.3 Å².